The smallest absolute Gasteiger partial charge is 0.341 e. The standard InChI is InChI=1S/C13H11IN2O6/c1-21-9-4-6(3-8-12(19)16-13(20)15-8)2-7(14)11(9)22-5-10(17)18/h2-4H,5H2,1H3,(H,17,18)(H2,15,16,19,20). The molecule has 8 nitrogen and oxygen atoms in total. The monoisotopic (exact) mass is 418 g/mol. The molecule has 0 radical (unpaired) electrons. The first-order chi connectivity index (χ1) is 10.4. The SMILES string of the molecule is COc1cc(C=C2NC(=O)NC2=O)cc(I)c1OCC(=O)O. The van der Waals surface area contributed by atoms with E-state index in [0.717, 1.165) is 0 Å². The highest BCUT2D eigenvalue weighted by molar-refractivity contribution is 14.1. The molecule has 1 fully saturated rings. The number of carbonyl (C=O) groups is 3. The number of hydrogen-bond donors (Lipinski definition) is 3. The van der Waals surface area contributed by atoms with E-state index < -0.39 is 24.5 Å². The van der Waals surface area contributed by atoms with Gasteiger partial charge in [-0.2, -0.15) is 0 Å². The molecule has 2 rings (SSSR count). The summed E-state index contributed by atoms with van der Waals surface area (Å²) in [7, 11) is 1.42. The minimum Gasteiger partial charge on any atom is -0.493 e. The summed E-state index contributed by atoms with van der Waals surface area (Å²) in [6.07, 6.45) is 1.48. The molecule has 1 heterocycles. The van der Waals surface area contributed by atoms with Gasteiger partial charge >= 0.3 is 12.0 Å². The van der Waals surface area contributed by atoms with Crippen LogP contribution >= 0.6 is 22.6 Å². The second-order valence-electron chi connectivity index (χ2n) is 4.18. The third kappa shape index (κ3) is 3.67. The fraction of sp³-hybridized carbons (Fsp3) is 0.154. The molecule has 1 aromatic rings. The molecule has 0 unspecified atom stereocenters. The van der Waals surface area contributed by atoms with Crippen LogP contribution in [0, 0.1) is 3.57 Å². The average molecular weight is 418 g/mol. The number of ether oxygens (including phenoxy) is 2. The van der Waals surface area contributed by atoms with Gasteiger partial charge in [-0.25, -0.2) is 9.59 Å². The largest absolute Gasteiger partial charge is 0.493 e. The normalized spacial score (nSPS) is 15.5. The van der Waals surface area contributed by atoms with Crippen LogP contribution in [0.3, 0.4) is 0 Å². The Bertz CT molecular complexity index is 685. The van der Waals surface area contributed by atoms with Crippen molar-refractivity contribution in [2.75, 3.05) is 13.7 Å². The highest BCUT2D eigenvalue weighted by Crippen LogP contribution is 2.34. The van der Waals surface area contributed by atoms with Gasteiger partial charge in [-0.15, -0.1) is 0 Å². The van der Waals surface area contributed by atoms with Crippen molar-refractivity contribution in [3.05, 3.63) is 27.0 Å². The number of imide groups is 1. The van der Waals surface area contributed by atoms with E-state index in [1.54, 1.807) is 12.1 Å². The molecule has 0 spiro atoms. The van der Waals surface area contributed by atoms with Crippen LogP contribution in [-0.2, 0) is 9.59 Å². The second-order valence-corrected chi connectivity index (χ2v) is 5.34. The Kier molecular flexibility index (Phi) is 4.85. The summed E-state index contributed by atoms with van der Waals surface area (Å²) in [6, 6.07) is 2.66. The second kappa shape index (κ2) is 6.64. The zero-order chi connectivity index (χ0) is 16.3. The van der Waals surface area contributed by atoms with Crippen molar-refractivity contribution in [1.29, 1.82) is 0 Å². The van der Waals surface area contributed by atoms with E-state index in [2.05, 4.69) is 10.6 Å². The number of hydrogen-bond acceptors (Lipinski definition) is 5. The summed E-state index contributed by atoms with van der Waals surface area (Å²) in [6.45, 7) is -0.495. The first-order valence-corrected chi connectivity index (χ1v) is 7.04. The number of urea groups is 1. The maximum Gasteiger partial charge on any atom is 0.341 e. The van der Waals surface area contributed by atoms with Crippen molar-refractivity contribution >= 4 is 46.6 Å². The Balaban J connectivity index is 2.33. The van der Waals surface area contributed by atoms with Crippen molar-refractivity contribution in [2.45, 2.75) is 0 Å². The van der Waals surface area contributed by atoms with E-state index >= 15 is 0 Å². The Morgan fingerprint density at radius 3 is 2.64 bits per heavy atom. The number of rotatable bonds is 5. The molecule has 22 heavy (non-hydrogen) atoms. The molecule has 3 N–H and O–H groups in total. The number of carbonyl (C=O) groups excluding carboxylic acids is 2. The summed E-state index contributed by atoms with van der Waals surface area (Å²) in [5.41, 5.74) is 0.707. The van der Waals surface area contributed by atoms with E-state index in [0.29, 0.717) is 20.6 Å². The summed E-state index contributed by atoms with van der Waals surface area (Å²) in [5.74, 6) is -1.00. The number of nitrogens with one attached hydrogen (secondary N) is 2. The fourth-order valence-corrected chi connectivity index (χ4v) is 2.53. The molecule has 1 saturated heterocycles. The summed E-state index contributed by atoms with van der Waals surface area (Å²) < 4.78 is 11.0. The number of aliphatic carboxylic acids is 1. The van der Waals surface area contributed by atoms with E-state index in [-0.39, 0.29) is 5.70 Å². The fourth-order valence-electron chi connectivity index (χ4n) is 1.75. The average Bonchev–Trinajstić information content (AvgIpc) is 2.74. The molecular formula is C13H11IN2O6. The quantitative estimate of drug-likeness (QED) is 0.373. The molecule has 0 bridgehead atoms. The first-order valence-electron chi connectivity index (χ1n) is 5.97. The van der Waals surface area contributed by atoms with Crippen molar-refractivity contribution in [2.24, 2.45) is 0 Å². The summed E-state index contributed by atoms with van der Waals surface area (Å²) in [4.78, 5) is 33.1. The minimum atomic E-state index is -1.10. The Morgan fingerprint density at radius 2 is 2.09 bits per heavy atom. The van der Waals surface area contributed by atoms with Gasteiger partial charge in [-0.3, -0.25) is 10.1 Å². The molecule has 0 aromatic heterocycles. The van der Waals surface area contributed by atoms with Gasteiger partial charge < -0.3 is 19.9 Å². The number of amides is 3. The van der Waals surface area contributed by atoms with Gasteiger partial charge in [0.25, 0.3) is 5.91 Å². The van der Waals surface area contributed by atoms with Gasteiger partial charge in [0.15, 0.2) is 18.1 Å². The molecule has 0 aliphatic carbocycles. The van der Waals surface area contributed by atoms with Crippen LogP contribution in [0.5, 0.6) is 11.5 Å². The van der Waals surface area contributed by atoms with Crippen LogP contribution in [-0.4, -0.2) is 36.7 Å². The lowest BCUT2D eigenvalue weighted by Crippen LogP contribution is -2.22. The minimum absolute atomic E-state index is 0.113. The number of halogens is 1. The maximum atomic E-state index is 11.5. The number of methoxy groups -OCH3 is 1. The van der Waals surface area contributed by atoms with Crippen LogP contribution in [0.4, 0.5) is 4.79 Å². The van der Waals surface area contributed by atoms with Crippen molar-refractivity contribution in [3.8, 4) is 11.5 Å². The molecule has 1 aromatic carbocycles. The van der Waals surface area contributed by atoms with Crippen LogP contribution < -0.4 is 20.1 Å². The van der Waals surface area contributed by atoms with Gasteiger partial charge in [0.1, 0.15) is 5.70 Å². The van der Waals surface area contributed by atoms with Crippen molar-refractivity contribution in [1.82, 2.24) is 10.6 Å². The Morgan fingerprint density at radius 1 is 1.36 bits per heavy atom. The van der Waals surface area contributed by atoms with Crippen LogP contribution in [0.2, 0.25) is 0 Å². The molecular weight excluding hydrogens is 407 g/mol. The molecule has 3 amide bonds. The van der Waals surface area contributed by atoms with E-state index in [9.17, 15) is 14.4 Å². The molecule has 0 atom stereocenters. The number of carboxylic acids is 1. The molecule has 9 heteroatoms. The van der Waals surface area contributed by atoms with Crippen LogP contribution in [0.15, 0.2) is 17.8 Å². The van der Waals surface area contributed by atoms with Crippen LogP contribution in [0.25, 0.3) is 6.08 Å². The molecule has 116 valence electrons. The third-order valence-corrected chi connectivity index (χ3v) is 3.42. The maximum absolute atomic E-state index is 11.5. The highest BCUT2D eigenvalue weighted by Gasteiger charge is 2.23. The Hall–Kier alpha value is -2.30. The Labute approximate surface area is 138 Å². The van der Waals surface area contributed by atoms with Crippen molar-refractivity contribution in [3.63, 3.8) is 0 Å². The zero-order valence-electron chi connectivity index (χ0n) is 11.3. The predicted octanol–water partition coefficient (Wildman–Crippen LogP) is 0.943. The van der Waals surface area contributed by atoms with Gasteiger partial charge in [-0.05, 0) is 46.4 Å². The van der Waals surface area contributed by atoms with E-state index in [4.69, 9.17) is 14.6 Å². The first kappa shape index (κ1) is 16.1. The molecule has 1 aliphatic rings. The van der Waals surface area contributed by atoms with E-state index in [1.165, 1.54) is 13.2 Å². The molecule has 0 saturated carbocycles. The van der Waals surface area contributed by atoms with E-state index in [1.807, 2.05) is 22.6 Å². The number of carboxylic acid groups (broad SMARTS) is 1. The topological polar surface area (TPSA) is 114 Å². The van der Waals surface area contributed by atoms with Gasteiger partial charge in [0, 0.05) is 0 Å². The zero-order valence-corrected chi connectivity index (χ0v) is 13.5. The lowest BCUT2D eigenvalue weighted by Gasteiger charge is -2.12. The lowest BCUT2D eigenvalue weighted by atomic mass is 10.1. The highest BCUT2D eigenvalue weighted by atomic mass is 127. The predicted molar refractivity (Wildman–Crippen MR) is 83.5 cm³/mol. The van der Waals surface area contributed by atoms with Gasteiger partial charge in [0.2, 0.25) is 0 Å². The third-order valence-electron chi connectivity index (χ3n) is 2.62. The number of benzene rings is 1. The lowest BCUT2D eigenvalue weighted by molar-refractivity contribution is -0.139. The van der Waals surface area contributed by atoms with Crippen molar-refractivity contribution < 1.29 is 29.0 Å². The van der Waals surface area contributed by atoms with Gasteiger partial charge in [-0.1, -0.05) is 0 Å². The summed E-state index contributed by atoms with van der Waals surface area (Å²) >= 11 is 1.96. The van der Waals surface area contributed by atoms with Crippen LogP contribution in [0.1, 0.15) is 5.56 Å². The van der Waals surface area contributed by atoms with Gasteiger partial charge in [0.05, 0.1) is 10.7 Å². The molecule has 1 aliphatic heterocycles. The summed E-state index contributed by atoms with van der Waals surface area (Å²) in [5, 5.41) is 13.1.